The number of nitrogens with zero attached hydrogens (tertiary/aromatic N) is 2. The number of rotatable bonds is 9. The summed E-state index contributed by atoms with van der Waals surface area (Å²) in [4.78, 5) is 30.6. The van der Waals surface area contributed by atoms with Crippen molar-refractivity contribution in [1.29, 1.82) is 0 Å². The van der Waals surface area contributed by atoms with Crippen molar-refractivity contribution in [3.05, 3.63) is 35.7 Å². The number of thiazole rings is 1. The first-order valence-corrected chi connectivity index (χ1v) is 9.60. The summed E-state index contributed by atoms with van der Waals surface area (Å²) >= 11 is 1.39. The lowest BCUT2D eigenvalue weighted by Gasteiger charge is -2.21. The van der Waals surface area contributed by atoms with Crippen LogP contribution in [-0.4, -0.2) is 34.8 Å². The number of aromatic nitrogens is 1. The van der Waals surface area contributed by atoms with Crippen LogP contribution in [0.5, 0.6) is 0 Å². The Hall–Kier alpha value is -2.21. The first-order valence-electron chi connectivity index (χ1n) is 8.72. The van der Waals surface area contributed by atoms with Gasteiger partial charge in [0.15, 0.2) is 5.13 Å². The molecule has 1 N–H and O–H groups in total. The van der Waals surface area contributed by atoms with Gasteiger partial charge in [0.25, 0.3) is 0 Å². The molecule has 0 saturated heterocycles. The van der Waals surface area contributed by atoms with Gasteiger partial charge in [-0.2, -0.15) is 0 Å². The third kappa shape index (κ3) is 5.98. The zero-order chi connectivity index (χ0) is 18.1. The van der Waals surface area contributed by atoms with Gasteiger partial charge in [-0.25, -0.2) is 4.98 Å². The highest BCUT2D eigenvalue weighted by Crippen LogP contribution is 2.24. The Morgan fingerprint density at radius 3 is 2.60 bits per heavy atom. The lowest BCUT2D eigenvalue weighted by atomic mass is 10.2. The van der Waals surface area contributed by atoms with Crippen LogP contribution >= 0.6 is 11.3 Å². The van der Waals surface area contributed by atoms with Crippen molar-refractivity contribution in [2.24, 2.45) is 0 Å². The molecule has 0 aliphatic rings. The second-order valence-electron chi connectivity index (χ2n) is 5.87. The van der Waals surface area contributed by atoms with Crippen molar-refractivity contribution in [3.8, 4) is 11.3 Å². The monoisotopic (exact) mass is 359 g/mol. The molecular weight excluding hydrogens is 334 g/mol. The van der Waals surface area contributed by atoms with Gasteiger partial charge in [-0.1, -0.05) is 50.6 Å². The van der Waals surface area contributed by atoms with E-state index in [0.29, 0.717) is 18.1 Å². The van der Waals surface area contributed by atoms with E-state index >= 15 is 0 Å². The van der Waals surface area contributed by atoms with Gasteiger partial charge >= 0.3 is 0 Å². The Morgan fingerprint density at radius 2 is 1.92 bits per heavy atom. The van der Waals surface area contributed by atoms with Gasteiger partial charge in [0, 0.05) is 23.9 Å². The van der Waals surface area contributed by atoms with Gasteiger partial charge in [-0.05, 0) is 12.8 Å². The minimum Gasteiger partial charge on any atom is -0.333 e. The molecule has 2 amide bonds. The predicted molar refractivity (Wildman–Crippen MR) is 103 cm³/mol. The first kappa shape index (κ1) is 19.1. The zero-order valence-electron chi connectivity index (χ0n) is 14.8. The van der Waals surface area contributed by atoms with E-state index < -0.39 is 0 Å². The summed E-state index contributed by atoms with van der Waals surface area (Å²) in [6, 6.07) is 9.83. The second kappa shape index (κ2) is 9.93. The highest BCUT2D eigenvalue weighted by atomic mass is 32.1. The van der Waals surface area contributed by atoms with Crippen molar-refractivity contribution in [2.75, 3.05) is 18.4 Å². The fourth-order valence-corrected chi connectivity index (χ4v) is 3.19. The molecule has 134 valence electrons. The quantitative estimate of drug-likeness (QED) is 0.731. The van der Waals surface area contributed by atoms with Crippen LogP contribution in [0.25, 0.3) is 11.3 Å². The predicted octanol–water partition coefficient (Wildman–Crippen LogP) is 4.18. The largest absolute Gasteiger partial charge is 0.333 e. The van der Waals surface area contributed by atoms with E-state index in [2.05, 4.69) is 17.2 Å². The SMILES string of the molecule is CCCCC(=O)N(CCC)CC(=O)Nc1nc(-c2ccccc2)cs1. The molecule has 0 atom stereocenters. The number of hydrogen-bond donors (Lipinski definition) is 1. The van der Waals surface area contributed by atoms with Crippen LogP contribution in [-0.2, 0) is 9.59 Å². The van der Waals surface area contributed by atoms with Crippen LogP contribution in [0, 0.1) is 0 Å². The molecule has 6 heteroatoms. The van der Waals surface area contributed by atoms with Gasteiger partial charge in [-0.15, -0.1) is 11.3 Å². The Balaban J connectivity index is 1.94. The molecule has 1 heterocycles. The molecule has 0 aliphatic carbocycles. The molecule has 0 aliphatic heterocycles. The molecule has 1 aromatic carbocycles. The number of hydrogen-bond acceptors (Lipinski definition) is 4. The van der Waals surface area contributed by atoms with Crippen LogP contribution in [0.3, 0.4) is 0 Å². The van der Waals surface area contributed by atoms with E-state index in [1.54, 1.807) is 4.90 Å². The Kier molecular flexibility index (Phi) is 7.60. The summed E-state index contributed by atoms with van der Waals surface area (Å²) in [7, 11) is 0. The third-order valence-electron chi connectivity index (χ3n) is 3.74. The van der Waals surface area contributed by atoms with Gasteiger partial charge in [0.05, 0.1) is 12.2 Å². The Labute approximate surface area is 153 Å². The molecule has 0 spiro atoms. The van der Waals surface area contributed by atoms with E-state index in [0.717, 1.165) is 30.5 Å². The molecule has 5 nitrogen and oxygen atoms in total. The summed E-state index contributed by atoms with van der Waals surface area (Å²) in [6.45, 7) is 4.74. The molecule has 0 saturated carbocycles. The summed E-state index contributed by atoms with van der Waals surface area (Å²) < 4.78 is 0. The van der Waals surface area contributed by atoms with Crippen molar-refractivity contribution >= 4 is 28.3 Å². The summed E-state index contributed by atoms with van der Waals surface area (Å²) in [5, 5.41) is 5.28. The van der Waals surface area contributed by atoms with Crippen LogP contribution in [0.2, 0.25) is 0 Å². The number of carbonyl (C=O) groups excluding carboxylic acids is 2. The fourth-order valence-electron chi connectivity index (χ4n) is 2.45. The average molecular weight is 359 g/mol. The molecule has 2 aromatic rings. The third-order valence-corrected chi connectivity index (χ3v) is 4.50. The number of nitrogens with one attached hydrogen (secondary N) is 1. The molecule has 0 radical (unpaired) electrons. The van der Waals surface area contributed by atoms with Gasteiger partial charge in [0.1, 0.15) is 0 Å². The second-order valence-corrected chi connectivity index (χ2v) is 6.73. The van der Waals surface area contributed by atoms with E-state index in [9.17, 15) is 9.59 Å². The first-order chi connectivity index (χ1) is 12.1. The Morgan fingerprint density at radius 1 is 1.16 bits per heavy atom. The fraction of sp³-hybridized carbons (Fsp3) is 0.421. The molecule has 25 heavy (non-hydrogen) atoms. The number of amides is 2. The summed E-state index contributed by atoms with van der Waals surface area (Å²) in [6.07, 6.45) is 3.16. The number of unbranched alkanes of at least 4 members (excludes halogenated alkanes) is 1. The van der Waals surface area contributed by atoms with Crippen LogP contribution in [0.4, 0.5) is 5.13 Å². The van der Waals surface area contributed by atoms with Crippen molar-refractivity contribution < 1.29 is 9.59 Å². The van der Waals surface area contributed by atoms with Crippen LogP contribution in [0.15, 0.2) is 35.7 Å². The van der Waals surface area contributed by atoms with Crippen molar-refractivity contribution in [2.45, 2.75) is 39.5 Å². The smallest absolute Gasteiger partial charge is 0.245 e. The highest BCUT2D eigenvalue weighted by molar-refractivity contribution is 7.14. The lowest BCUT2D eigenvalue weighted by molar-refractivity contribution is -0.134. The minimum absolute atomic E-state index is 0.0444. The van der Waals surface area contributed by atoms with Gasteiger partial charge in [0.2, 0.25) is 11.8 Å². The molecular formula is C19H25N3O2S. The molecule has 1 aromatic heterocycles. The van der Waals surface area contributed by atoms with Gasteiger partial charge < -0.3 is 10.2 Å². The summed E-state index contributed by atoms with van der Waals surface area (Å²) in [5.74, 6) is -0.157. The average Bonchev–Trinajstić information content (AvgIpc) is 3.08. The van der Waals surface area contributed by atoms with Gasteiger partial charge in [-0.3, -0.25) is 9.59 Å². The lowest BCUT2D eigenvalue weighted by Crippen LogP contribution is -2.38. The summed E-state index contributed by atoms with van der Waals surface area (Å²) in [5.41, 5.74) is 1.85. The van der Waals surface area contributed by atoms with E-state index in [1.807, 2.05) is 42.6 Å². The maximum atomic E-state index is 12.3. The molecule has 0 unspecified atom stereocenters. The number of anilines is 1. The van der Waals surface area contributed by atoms with Crippen molar-refractivity contribution in [1.82, 2.24) is 9.88 Å². The minimum atomic E-state index is -0.202. The maximum Gasteiger partial charge on any atom is 0.245 e. The van der Waals surface area contributed by atoms with Crippen molar-refractivity contribution in [3.63, 3.8) is 0 Å². The normalized spacial score (nSPS) is 10.5. The maximum absolute atomic E-state index is 12.3. The zero-order valence-corrected chi connectivity index (χ0v) is 15.6. The standard InChI is InChI=1S/C19H25N3O2S/c1-3-5-11-18(24)22(12-4-2)13-17(23)21-19-20-16(14-25-19)15-9-7-6-8-10-15/h6-10,14H,3-5,11-13H2,1-2H3,(H,20,21,23). The topological polar surface area (TPSA) is 62.3 Å². The number of carbonyl (C=O) groups is 2. The van der Waals surface area contributed by atoms with E-state index in [1.165, 1.54) is 11.3 Å². The molecule has 0 fully saturated rings. The molecule has 2 rings (SSSR count). The highest BCUT2D eigenvalue weighted by Gasteiger charge is 2.17. The Bertz CT molecular complexity index is 685. The molecule has 0 bridgehead atoms. The van der Waals surface area contributed by atoms with E-state index in [-0.39, 0.29) is 18.4 Å². The number of benzene rings is 1. The van der Waals surface area contributed by atoms with Crippen LogP contribution in [0.1, 0.15) is 39.5 Å². The van der Waals surface area contributed by atoms with E-state index in [4.69, 9.17) is 0 Å². The van der Waals surface area contributed by atoms with Crippen LogP contribution < -0.4 is 5.32 Å².